The van der Waals surface area contributed by atoms with Crippen LogP contribution in [-0.2, 0) is 0 Å². The molecular formula is C16H17NO3. The summed E-state index contributed by atoms with van der Waals surface area (Å²) in [5.41, 5.74) is 1.15. The smallest absolute Gasteiger partial charge is 0.259 e. The Morgan fingerprint density at radius 3 is 2.50 bits per heavy atom. The zero-order valence-corrected chi connectivity index (χ0v) is 11.5. The lowest BCUT2D eigenvalue weighted by molar-refractivity contribution is 0.0934. The molecule has 0 heterocycles. The summed E-state index contributed by atoms with van der Waals surface area (Å²) in [4.78, 5) is 12.3. The van der Waals surface area contributed by atoms with Gasteiger partial charge in [0.15, 0.2) is 0 Å². The molecule has 0 spiro atoms. The summed E-state index contributed by atoms with van der Waals surface area (Å²) in [6.45, 7) is 1.89. The Bertz CT molecular complexity index is 596. The molecule has 1 amide bonds. The van der Waals surface area contributed by atoms with Crippen LogP contribution in [0.5, 0.6) is 11.5 Å². The van der Waals surface area contributed by atoms with Gasteiger partial charge in [-0.1, -0.05) is 36.4 Å². The van der Waals surface area contributed by atoms with Crippen molar-refractivity contribution < 1.29 is 14.6 Å². The Kier molecular flexibility index (Phi) is 4.25. The Hall–Kier alpha value is -2.49. The first-order valence-corrected chi connectivity index (χ1v) is 6.35. The summed E-state index contributed by atoms with van der Waals surface area (Å²) >= 11 is 0. The highest BCUT2D eigenvalue weighted by Gasteiger charge is 2.19. The second kappa shape index (κ2) is 6.10. The molecule has 0 fully saturated rings. The van der Waals surface area contributed by atoms with E-state index in [9.17, 15) is 9.90 Å². The zero-order chi connectivity index (χ0) is 14.5. The predicted molar refractivity (Wildman–Crippen MR) is 77.0 cm³/mol. The molecule has 4 heteroatoms. The van der Waals surface area contributed by atoms with Crippen molar-refractivity contribution in [1.82, 2.24) is 5.32 Å². The van der Waals surface area contributed by atoms with Crippen LogP contribution in [-0.4, -0.2) is 18.1 Å². The molecule has 1 atom stereocenters. The number of hydrogen-bond donors (Lipinski definition) is 2. The van der Waals surface area contributed by atoms with Gasteiger partial charge in [-0.15, -0.1) is 0 Å². The maximum atomic E-state index is 12.3. The average molecular weight is 271 g/mol. The van der Waals surface area contributed by atoms with E-state index in [1.807, 2.05) is 37.3 Å². The normalized spacial score (nSPS) is 11.7. The Labute approximate surface area is 118 Å². The number of phenolic OH excluding ortho intramolecular Hbond substituents is 1. The van der Waals surface area contributed by atoms with Crippen LogP contribution in [0.15, 0.2) is 48.5 Å². The molecule has 0 saturated carbocycles. The van der Waals surface area contributed by atoms with E-state index in [0.29, 0.717) is 5.75 Å². The zero-order valence-electron chi connectivity index (χ0n) is 11.5. The van der Waals surface area contributed by atoms with E-state index in [2.05, 4.69) is 5.32 Å². The first-order valence-electron chi connectivity index (χ1n) is 6.35. The topological polar surface area (TPSA) is 58.6 Å². The number of phenols is 1. The lowest BCUT2D eigenvalue weighted by atomic mass is 10.1. The summed E-state index contributed by atoms with van der Waals surface area (Å²) < 4.78 is 5.11. The summed E-state index contributed by atoms with van der Waals surface area (Å²) in [6.07, 6.45) is 0. The van der Waals surface area contributed by atoms with Crippen molar-refractivity contribution in [3.8, 4) is 11.5 Å². The number of hydrogen-bond acceptors (Lipinski definition) is 3. The molecule has 2 aromatic carbocycles. The number of amides is 1. The molecule has 0 bridgehead atoms. The van der Waals surface area contributed by atoms with Gasteiger partial charge >= 0.3 is 0 Å². The number of carbonyl (C=O) groups is 1. The number of ether oxygens (including phenoxy) is 1. The van der Waals surface area contributed by atoms with Crippen LogP contribution in [0.3, 0.4) is 0 Å². The highest BCUT2D eigenvalue weighted by molar-refractivity contribution is 5.99. The van der Waals surface area contributed by atoms with Gasteiger partial charge in [0.2, 0.25) is 0 Å². The van der Waals surface area contributed by atoms with Crippen LogP contribution in [0.25, 0.3) is 0 Å². The number of aromatic hydroxyl groups is 1. The van der Waals surface area contributed by atoms with Crippen LogP contribution >= 0.6 is 0 Å². The maximum absolute atomic E-state index is 12.3. The molecule has 0 aliphatic carbocycles. The molecule has 20 heavy (non-hydrogen) atoms. The minimum Gasteiger partial charge on any atom is -0.507 e. The molecule has 2 N–H and O–H groups in total. The van der Waals surface area contributed by atoms with Gasteiger partial charge < -0.3 is 15.2 Å². The number of benzene rings is 2. The third-order valence-electron chi connectivity index (χ3n) is 3.10. The summed E-state index contributed by atoms with van der Waals surface area (Å²) in [5, 5.41) is 12.7. The fraction of sp³-hybridized carbons (Fsp3) is 0.188. The summed E-state index contributed by atoms with van der Waals surface area (Å²) in [7, 11) is 1.46. The van der Waals surface area contributed by atoms with E-state index in [-0.39, 0.29) is 23.3 Å². The first kappa shape index (κ1) is 13.9. The van der Waals surface area contributed by atoms with Gasteiger partial charge in [-0.05, 0) is 24.6 Å². The Balaban J connectivity index is 2.21. The van der Waals surface area contributed by atoms with E-state index in [0.717, 1.165) is 5.56 Å². The minimum atomic E-state index is -0.365. The molecule has 0 aliphatic heterocycles. The second-order valence-electron chi connectivity index (χ2n) is 4.46. The molecule has 2 aromatic rings. The third-order valence-corrected chi connectivity index (χ3v) is 3.10. The Morgan fingerprint density at radius 2 is 1.85 bits per heavy atom. The number of carbonyl (C=O) groups excluding carboxylic acids is 1. The molecule has 0 radical (unpaired) electrons. The van der Waals surface area contributed by atoms with Crippen molar-refractivity contribution in [2.75, 3.05) is 7.11 Å². The summed E-state index contributed by atoms with van der Waals surface area (Å²) in [5.74, 6) is -0.110. The fourth-order valence-electron chi connectivity index (χ4n) is 2.01. The molecule has 1 unspecified atom stereocenters. The van der Waals surface area contributed by atoms with Gasteiger partial charge in [-0.2, -0.15) is 0 Å². The number of nitrogens with one attached hydrogen (secondary N) is 1. The van der Waals surface area contributed by atoms with Crippen molar-refractivity contribution in [2.45, 2.75) is 13.0 Å². The van der Waals surface area contributed by atoms with Crippen LogP contribution in [0.4, 0.5) is 0 Å². The van der Waals surface area contributed by atoms with E-state index >= 15 is 0 Å². The van der Waals surface area contributed by atoms with Gasteiger partial charge in [-0.25, -0.2) is 0 Å². The first-order chi connectivity index (χ1) is 9.63. The van der Waals surface area contributed by atoms with Crippen LogP contribution < -0.4 is 10.1 Å². The van der Waals surface area contributed by atoms with Crippen molar-refractivity contribution in [3.05, 3.63) is 59.7 Å². The second-order valence-corrected chi connectivity index (χ2v) is 4.46. The van der Waals surface area contributed by atoms with E-state index < -0.39 is 0 Å². The van der Waals surface area contributed by atoms with E-state index in [1.54, 1.807) is 12.1 Å². The van der Waals surface area contributed by atoms with E-state index in [4.69, 9.17) is 4.74 Å². The van der Waals surface area contributed by atoms with Crippen molar-refractivity contribution in [1.29, 1.82) is 0 Å². The molecule has 4 nitrogen and oxygen atoms in total. The van der Waals surface area contributed by atoms with Gasteiger partial charge in [0, 0.05) is 0 Å². The van der Waals surface area contributed by atoms with Gasteiger partial charge in [0.25, 0.3) is 5.91 Å². The minimum absolute atomic E-state index is 0.0953. The van der Waals surface area contributed by atoms with Crippen LogP contribution in [0.2, 0.25) is 0 Å². The quantitative estimate of drug-likeness (QED) is 0.899. The lowest BCUT2D eigenvalue weighted by Gasteiger charge is -2.16. The standard InChI is InChI=1S/C16H17NO3/c1-11(12-7-4-3-5-8-12)17-16(19)15-13(18)9-6-10-14(15)20-2/h3-11,18H,1-2H3,(H,17,19). The van der Waals surface area contributed by atoms with Gasteiger partial charge in [0.05, 0.1) is 13.2 Å². The van der Waals surface area contributed by atoms with Crippen molar-refractivity contribution >= 4 is 5.91 Å². The molecular weight excluding hydrogens is 254 g/mol. The molecule has 0 aromatic heterocycles. The largest absolute Gasteiger partial charge is 0.507 e. The van der Waals surface area contributed by atoms with Crippen molar-refractivity contribution in [3.63, 3.8) is 0 Å². The lowest BCUT2D eigenvalue weighted by Crippen LogP contribution is -2.27. The highest BCUT2D eigenvalue weighted by Crippen LogP contribution is 2.27. The fourth-order valence-corrected chi connectivity index (χ4v) is 2.01. The van der Waals surface area contributed by atoms with Gasteiger partial charge in [0.1, 0.15) is 17.1 Å². The molecule has 0 aliphatic rings. The monoisotopic (exact) mass is 271 g/mol. The number of methoxy groups -OCH3 is 1. The SMILES string of the molecule is COc1cccc(O)c1C(=O)NC(C)c1ccccc1. The van der Waals surface area contributed by atoms with Gasteiger partial charge in [-0.3, -0.25) is 4.79 Å². The third kappa shape index (κ3) is 2.91. The van der Waals surface area contributed by atoms with E-state index in [1.165, 1.54) is 13.2 Å². The van der Waals surface area contributed by atoms with Crippen LogP contribution in [0.1, 0.15) is 28.9 Å². The van der Waals surface area contributed by atoms with Crippen molar-refractivity contribution in [2.24, 2.45) is 0 Å². The molecule has 2 rings (SSSR count). The van der Waals surface area contributed by atoms with Crippen LogP contribution in [0, 0.1) is 0 Å². The molecule has 0 saturated heterocycles. The number of rotatable bonds is 4. The molecule has 104 valence electrons. The average Bonchev–Trinajstić information content (AvgIpc) is 2.47. The maximum Gasteiger partial charge on any atom is 0.259 e. The Morgan fingerprint density at radius 1 is 1.15 bits per heavy atom. The predicted octanol–water partition coefficient (Wildman–Crippen LogP) is 2.89. The summed E-state index contributed by atoms with van der Waals surface area (Å²) in [6, 6.07) is 14.2. The highest BCUT2D eigenvalue weighted by atomic mass is 16.5.